The smallest absolute Gasteiger partial charge is 0.315 e. The van der Waals surface area contributed by atoms with Crippen molar-refractivity contribution in [1.29, 1.82) is 0 Å². The third-order valence-corrected chi connectivity index (χ3v) is 6.05. The van der Waals surface area contributed by atoms with Gasteiger partial charge in [0.15, 0.2) is 5.13 Å². The molecular formula is C14H22N2O2S2. The number of thiazole rings is 1. The van der Waals surface area contributed by atoms with Crippen molar-refractivity contribution in [2.24, 2.45) is 0 Å². The number of carboxylic acids is 1. The molecule has 1 aliphatic heterocycles. The van der Waals surface area contributed by atoms with Crippen molar-refractivity contribution in [3.8, 4) is 0 Å². The van der Waals surface area contributed by atoms with Crippen molar-refractivity contribution in [3.05, 3.63) is 11.1 Å². The van der Waals surface area contributed by atoms with Gasteiger partial charge in [0.1, 0.15) is 5.41 Å². The molecule has 6 heteroatoms. The molecule has 1 aromatic heterocycles. The maximum Gasteiger partial charge on any atom is 0.315 e. The van der Waals surface area contributed by atoms with Crippen molar-refractivity contribution in [1.82, 2.24) is 4.98 Å². The van der Waals surface area contributed by atoms with E-state index in [1.54, 1.807) is 25.2 Å². The van der Waals surface area contributed by atoms with Gasteiger partial charge in [0, 0.05) is 29.0 Å². The van der Waals surface area contributed by atoms with Gasteiger partial charge in [0.05, 0.1) is 5.69 Å². The first kappa shape index (κ1) is 15.6. The van der Waals surface area contributed by atoms with E-state index < -0.39 is 11.4 Å². The van der Waals surface area contributed by atoms with Crippen molar-refractivity contribution < 1.29 is 9.90 Å². The van der Waals surface area contributed by atoms with Crippen molar-refractivity contribution in [3.63, 3.8) is 0 Å². The highest BCUT2D eigenvalue weighted by atomic mass is 32.2. The van der Waals surface area contributed by atoms with Gasteiger partial charge in [-0.2, -0.15) is 11.8 Å². The largest absolute Gasteiger partial charge is 0.481 e. The van der Waals surface area contributed by atoms with Crippen LogP contribution in [-0.4, -0.2) is 39.6 Å². The second-order valence-electron chi connectivity index (χ2n) is 6.29. The minimum absolute atomic E-state index is 0.315. The van der Waals surface area contributed by atoms with E-state index in [1.165, 1.54) is 0 Å². The summed E-state index contributed by atoms with van der Waals surface area (Å²) in [7, 11) is 0. The molecule has 2 rings (SSSR count). The van der Waals surface area contributed by atoms with Crippen LogP contribution in [-0.2, 0) is 10.2 Å². The maximum atomic E-state index is 11.3. The van der Waals surface area contributed by atoms with Gasteiger partial charge in [0.25, 0.3) is 0 Å². The first-order chi connectivity index (χ1) is 9.22. The van der Waals surface area contributed by atoms with Gasteiger partial charge in [0.2, 0.25) is 0 Å². The Balaban J connectivity index is 2.15. The van der Waals surface area contributed by atoms with Crippen LogP contribution >= 0.6 is 23.1 Å². The Morgan fingerprint density at radius 2 is 2.15 bits per heavy atom. The first-order valence-corrected chi connectivity index (χ1v) is 8.67. The molecule has 2 heterocycles. The molecule has 0 amide bonds. The lowest BCUT2D eigenvalue weighted by molar-refractivity contribution is -0.142. The summed E-state index contributed by atoms with van der Waals surface area (Å²) < 4.78 is 0.315. The molecule has 1 aliphatic rings. The number of carbonyl (C=O) groups is 1. The van der Waals surface area contributed by atoms with Gasteiger partial charge in [-0.1, -0.05) is 13.8 Å². The molecule has 0 unspecified atom stereocenters. The number of rotatable bonds is 3. The highest BCUT2D eigenvalue weighted by molar-refractivity contribution is 8.00. The van der Waals surface area contributed by atoms with Crippen LogP contribution in [0.15, 0.2) is 5.38 Å². The van der Waals surface area contributed by atoms with E-state index in [0.29, 0.717) is 10.4 Å². The van der Waals surface area contributed by atoms with Crippen LogP contribution in [0.4, 0.5) is 5.13 Å². The van der Waals surface area contributed by atoms with Crippen molar-refractivity contribution in [2.45, 2.75) is 44.3 Å². The summed E-state index contributed by atoms with van der Waals surface area (Å²) in [6, 6.07) is 0. The molecule has 0 aromatic carbocycles. The zero-order valence-corrected chi connectivity index (χ0v) is 14.1. The average molecular weight is 314 g/mol. The Morgan fingerprint density at radius 1 is 1.45 bits per heavy atom. The van der Waals surface area contributed by atoms with E-state index in [4.69, 9.17) is 0 Å². The predicted octanol–water partition coefficient (Wildman–Crippen LogP) is 3.23. The lowest BCUT2D eigenvalue weighted by Crippen LogP contribution is -2.30. The topological polar surface area (TPSA) is 53.4 Å². The SMILES string of the molecule is CC1(C)CCN(c2nc(C(C)(C)C(=O)O)cs2)CCS1. The number of thioether (sulfide) groups is 1. The highest BCUT2D eigenvalue weighted by Gasteiger charge is 2.33. The molecule has 1 fully saturated rings. The number of aromatic nitrogens is 1. The zero-order valence-electron chi connectivity index (χ0n) is 12.5. The van der Waals surface area contributed by atoms with Gasteiger partial charge in [-0.05, 0) is 20.3 Å². The number of anilines is 1. The monoisotopic (exact) mass is 314 g/mol. The van der Waals surface area contributed by atoms with Gasteiger partial charge < -0.3 is 10.0 Å². The molecule has 0 aliphatic carbocycles. The molecular weight excluding hydrogens is 292 g/mol. The molecule has 4 nitrogen and oxygen atoms in total. The van der Waals surface area contributed by atoms with Crippen LogP contribution in [0.2, 0.25) is 0 Å². The molecule has 0 atom stereocenters. The number of carboxylic acid groups (broad SMARTS) is 1. The Bertz CT molecular complexity index is 497. The first-order valence-electron chi connectivity index (χ1n) is 6.81. The van der Waals surface area contributed by atoms with E-state index >= 15 is 0 Å². The molecule has 0 saturated carbocycles. The van der Waals surface area contributed by atoms with Crippen molar-refractivity contribution in [2.75, 3.05) is 23.7 Å². The van der Waals surface area contributed by atoms with E-state index in [9.17, 15) is 9.90 Å². The summed E-state index contributed by atoms with van der Waals surface area (Å²) in [5.74, 6) is 0.256. The molecule has 0 bridgehead atoms. The Labute approximate surface area is 128 Å². The second-order valence-corrected chi connectivity index (χ2v) is 8.93. The molecule has 0 radical (unpaired) electrons. The summed E-state index contributed by atoms with van der Waals surface area (Å²) in [6.07, 6.45) is 1.12. The van der Waals surface area contributed by atoms with E-state index in [2.05, 4.69) is 23.7 Å². The van der Waals surface area contributed by atoms with Crippen LogP contribution in [0.3, 0.4) is 0 Å². The maximum absolute atomic E-state index is 11.3. The molecule has 1 aromatic rings. The molecule has 0 spiro atoms. The van der Waals surface area contributed by atoms with Gasteiger partial charge in [-0.25, -0.2) is 4.98 Å². The standard InChI is InChI=1S/C14H22N2O2S2/c1-13(2)5-6-16(7-8-20-13)12-15-10(9-19-12)14(3,4)11(17)18/h9H,5-8H2,1-4H3,(H,17,18). The predicted molar refractivity (Wildman–Crippen MR) is 86.1 cm³/mol. The second kappa shape index (κ2) is 5.56. The number of hydrogen-bond acceptors (Lipinski definition) is 5. The zero-order chi connectivity index (χ0) is 15.0. The summed E-state index contributed by atoms with van der Waals surface area (Å²) in [5, 5.41) is 12.1. The summed E-state index contributed by atoms with van der Waals surface area (Å²) in [4.78, 5) is 18.2. The third-order valence-electron chi connectivity index (χ3n) is 3.78. The molecule has 112 valence electrons. The fourth-order valence-corrected chi connectivity index (χ4v) is 4.16. The Kier molecular flexibility index (Phi) is 4.35. The summed E-state index contributed by atoms with van der Waals surface area (Å²) in [6.45, 7) is 9.93. The van der Waals surface area contributed by atoms with E-state index in [0.717, 1.165) is 30.4 Å². The van der Waals surface area contributed by atoms with E-state index in [-0.39, 0.29) is 0 Å². The normalized spacial score (nSPS) is 19.7. The van der Waals surface area contributed by atoms with Crippen molar-refractivity contribution >= 4 is 34.2 Å². The molecule has 20 heavy (non-hydrogen) atoms. The van der Waals surface area contributed by atoms with Gasteiger partial charge in [-0.3, -0.25) is 4.79 Å². The average Bonchev–Trinajstić information content (AvgIpc) is 2.76. The number of nitrogens with zero attached hydrogens (tertiary/aromatic N) is 2. The summed E-state index contributed by atoms with van der Waals surface area (Å²) in [5.41, 5.74) is -0.268. The highest BCUT2D eigenvalue weighted by Crippen LogP contribution is 2.34. The van der Waals surface area contributed by atoms with Crippen LogP contribution in [0.1, 0.15) is 39.8 Å². The van der Waals surface area contributed by atoms with E-state index in [1.807, 2.05) is 17.1 Å². The fraction of sp³-hybridized carbons (Fsp3) is 0.714. The number of hydrogen-bond donors (Lipinski definition) is 1. The molecule has 1 saturated heterocycles. The lowest BCUT2D eigenvalue weighted by atomic mass is 9.90. The van der Waals surface area contributed by atoms with Crippen LogP contribution in [0.5, 0.6) is 0 Å². The Hall–Kier alpha value is -0.750. The van der Waals surface area contributed by atoms with Crippen LogP contribution in [0, 0.1) is 0 Å². The van der Waals surface area contributed by atoms with Gasteiger partial charge >= 0.3 is 5.97 Å². The Morgan fingerprint density at radius 3 is 2.80 bits per heavy atom. The third kappa shape index (κ3) is 3.28. The van der Waals surface area contributed by atoms with Crippen LogP contribution in [0.25, 0.3) is 0 Å². The minimum Gasteiger partial charge on any atom is -0.481 e. The molecule has 1 N–H and O–H groups in total. The fourth-order valence-electron chi connectivity index (χ4n) is 2.02. The minimum atomic E-state index is -0.922. The van der Waals surface area contributed by atoms with Crippen LogP contribution < -0.4 is 4.90 Å². The quantitative estimate of drug-likeness (QED) is 0.928. The lowest BCUT2D eigenvalue weighted by Gasteiger charge is -2.22. The summed E-state index contributed by atoms with van der Waals surface area (Å²) >= 11 is 3.55. The van der Waals surface area contributed by atoms with Gasteiger partial charge in [-0.15, -0.1) is 11.3 Å². The number of aliphatic carboxylic acids is 1.